The zero-order valence-corrected chi connectivity index (χ0v) is 16.7. The van der Waals surface area contributed by atoms with Crippen LogP contribution in [0.3, 0.4) is 0 Å². The highest BCUT2D eigenvalue weighted by atomic mass is 16.5. The van der Waals surface area contributed by atoms with Gasteiger partial charge in [0.2, 0.25) is 5.91 Å². The Morgan fingerprint density at radius 1 is 1.11 bits per heavy atom. The van der Waals surface area contributed by atoms with Crippen LogP contribution < -0.4 is 14.8 Å². The monoisotopic (exact) mass is 382 g/mol. The second kappa shape index (κ2) is 8.80. The molecule has 1 heterocycles. The summed E-state index contributed by atoms with van der Waals surface area (Å²) in [5.74, 6) is 1.48. The molecule has 6 heteroatoms. The predicted molar refractivity (Wildman–Crippen MR) is 109 cm³/mol. The van der Waals surface area contributed by atoms with E-state index in [1.54, 1.807) is 20.5 Å². The highest BCUT2D eigenvalue weighted by Gasteiger charge is 2.17. The molecule has 0 aliphatic carbocycles. The summed E-state index contributed by atoms with van der Waals surface area (Å²) in [5, 5.41) is 3.96. The fourth-order valence-corrected chi connectivity index (χ4v) is 3.22. The van der Waals surface area contributed by atoms with Crippen LogP contribution in [0.25, 0.3) is 11.0 Å². The summed E-state index contributed by atoms with van der Waals surface area (Å²) >= 11 is 0. The molecule has 0 aliphatic heterocycles. The molecule has 2 aromatic carbocycles. The molecule has 0 saturated carbocycles. The van der Waals surface area contributed by atoms with Gasteiger partial charge in [-0.25, -0.2) is 0 Å². The van der Waals surface area contributed by atoms with Gasteiger partial charge >= 0.3 is 0 Å². The van der Waals surface area contributed by atoms with Gasteiger partial charge in [0, 0.05) is 23.6 Å². The first-order valence-corrected chi connectivity index (χ1v) is 9.13. The van der Waals surface area contributed by atoms with E-state index in [4.69, 9.17) is 13.9 Å². The third-order valence-corrected chi connectivity index (χ3v) is 4.81. The van der Waals surface area contributed by atoms with Crippen LogP contribution in [0.4, 0.5) is 0 Å². The molecule has 0 aliphatic rings. The molecule has 0 unspecified atom stereocenters. The number of ether oxygens (including phenoxy) is 2. The maximum absolute atomic E-state index is 12.5. The average molecular weight is 382 g/mol. The van der Waals surface area contributed by atoms with Crippen LogP contribution >= 0.6 is 0 Å². The van der Waals surface area contributed by atoms with Crippen molar-refractivity contribution in [3.05, 3.63) is 59.9 Å². The standard InChI is InChI=1S/C22H26N2O4/c1-24(2)20(15-6-5-7-17(10-15)26-3)13-23-22(25)11-16-14-28-21-12-18(27-4)8-9-19(16)21/h5-10,12,14,20H,11,13H2,1-4H3,(H,23,25)/t20-/m0/s1. The van der Waals surface area contributed by atoms with Crippen molar-refractivity contribution in [3.63, 3.8) is 0 Å². The van der Waals surface area contributed by atoms with Gasteiger partial charge < -0.3 is 24.1 Å². The molecule has 148 valence electrons. The Labute approximate surface area is 165 Å². The van der Waals surface area contributed by atoms with Gasteiger partial charge in [-0.05, 0) is 43.9 Å². The van der Waals surface area contributed by atoms with E-state index >= 15 is 0 Å². The summed E-state index contributed by atoms with van der Waals surface area (Å²) in [6.45, 7) is 0.503. The number of carbonyl (C=O) groups is 1. The number of amides is 1. The van der Waals surface area contributed by atoms with Crippen molar-refractivity contribution < 1.29 is 18.7 Å². The number of hydrogen-bond acceptors (Lipinski definition) is 5. The normalized spacial score (nSPS) is 12.2. The van der Waals surface area contributed by atoms with Gasteiger partial charge in [-0.2, -0.15) is 0 Å². The zero-order chi connectivity index (χ0) is 20.1. The van der Waals surface area contributed by atoms with E-state index in [0.717, 1.165) is 28.0 Å². The van der Waals surface area contributed by atoms with Crippen LogP contribution in [0.5, 0.6) is 11.5 Å². The minimum atomic E-state index is -0.0479. The first-order valence-electron chi connectivity index (χ1n) is 9.13. The Kier molecular flexibility index (Phi) is 6.21. The van der Waals surface area contributed by atoms with E-state index in [0.29, 0.717) is 12.1 Å². The van der Waals surface area contributed by atoms with Crippen LogP contribution in [0.2, 0.25) is 0 Å². The quantitative estimate of drug-likeness (QED) is 0.647. The number of benzene rings is 2. The van der Waals surface area contributed by atoms with Crippen molar-refractivity contribution >= 4 is 16.9 Å². The van der Waals surface area contributed by atoms with Gasteiger partial charge in [0.1, 0.15) is 17.1 Å². The van der Waals surface area contributed by atoms with Crippen molar-refractivity contribution in [1.29, 1.82) is 0 Å². The molecule has 28 heavy (non-hydrogen) atoms. The fraction of sp³-hybridized carbons (Fsp3) is 0.318. The first-order chi connectivity index (χ1) is 13.5. The molecule has 6 nitrogen and oxygen atoms in total. The second-order valence-corrected chi connectivity index (χ2v) is 6.86. The van der Waals surface area contributed by atoms with Crippen molar-refractivity contribution in [2.24, 2.45) is 0 Å². The Hall–Kier alpha value is -2.99. The van der Waals surface area contributed by atoms with Gasteiger partial charge in [0.05, 0.1) is 32.9 Å². The van der Waals surface area contributed by atoms with Gasteiger partial charge in [-0.3, -0.25) is 4.79 Å². The summed E-state index contributed by atoms with van der Waals surface area (Å²) in [7, 11) is 7.25. The Morgan fingerprint density at radius 2 is 1.86 bits per heavy atom. The van der Waals surface area contributed by atoms with Crippen LogP contribution in [-0.4, -0.2) is 45.7 Å². The van der Waals surface area contributed by atoms with Crippen LogP contribution in [-0.2, 0) is 11.2 Å². The molecule has 0 spiro atoms. The minimum absolute atomic E-state index is 0.0457. The third kappa shape index (κ3) is 4.46. The highest BCUT2D eigenvalue weighted by molar-refractivity contribution is 5.88. The average Bonchev–Trinajstić information content (AvgIpc) is 3.09. The molecule has 0 radical (unpaired) electrons. The number of furan rings is 1. The molecule has 0 bridgehead atoms. The number of hydrogen-bond donors (Lipinski definition) is 1. The topological polar surface area (TPSA) is 63.9 Å². The van der Waals surface area contributed by atoms with Gasteiger partial charge in [0.25, 0.3) is 0 Å². The Morgan fingerprint density at radius 3 is 2.57 bits per heavy atom. The maximum Gasteiger partial charge on any atom is 0.224 e. The molecule has 1 amide bonds. The van der Waals surface area contributed by atoms with Crippen LogP contribution in [0, 0.1) is 0 Å². The number of likely N-dealkylation sites (N-methyl/N-ethyl adjacent to an activating group) is 1. The lowest BCUT2D eigenvalue weighted by atomic mass is 10.1. The smallest absolute Gasteiger partial charge is 0.224 e. The second-order valence-electron chi connectivity index (χ2n) is 6.86. The SMILES string of the molecule is COc1cccc([C@H](CNC(=O)Cc2coc3cc(OC)ccc23)N(C)C)c1. The highest BCUT2D eigenvalue weighted by Crippen LogP contribution is 2.26. The van der Waals surface area contributed by atoms with Gasteiger partial charge in [-0.1, -0.05) is 12.1 Å². The Balaban J connectivity index is 1.66. The molecular formula is C22H26N2O4. The predicted octanol–water partition coefficient (Wildman–Crippen LogP) is 3.41. The van der Waals surface area contributed by atoms with E-state index < -0.39 is 0 Å². The van der Waals surface area contributed by atoms with E-state index in [9.17, 15) is 4.79 Å². The number of nitrogens with one attached hydrogen (secondary N) is 1. The van der Waals surface area contributed by atoms with E-state index in [1.165, 1.54) is 0 Å². The van der Waals surface area contributed by atoms with Crippen LogP contribution in [0.1, 0.15) is 17.2 Å². The van der Waals surface area contributed by atoms with Crippen molar-refractivity contribution in [2.45, 2.75) is 12.5 Å². The lowest BCUT2D eigenvalue weighted by molar-refractivity contribution is -0.120. The van der Waals surface area contributed by atoms with E-state index in [-0.39, 0.29) is 18.4 Å². The lowest BCUT2D eigenvalue weighted by Gasteiger charge is -2.25. The molecule has 1 aromatic heterocycles. The summed E-state index contributed by atoms with van der Waals surface area (Å²) in [6.07, 6.45) is 1.90. The summed E-state index contributed by atoms with van der Waals surface area (Å²) < 4.78 is 16.1. The van der Waals surface area contributed by atoms with Crippen LogP contribution in [0.15, 0.2) is 53.1 Å². The van der Waals surface area contributed by atoms with Crippen molar-refractivity contribution in [1.82, 2.24) is 10.2 Å². The summed E-state index contributed by atoms with van der Waals surface area (Å²) in [5.41, 5.74) is 2.66. The fourth-order valence-electron chi connectivity index (χ4n) is 3.22. The number of fused-ring (bicyclic) bond motifs is 1. The molecule has 0 saturated heterocycles. The third-order valence-electron chi connectivity index (χ3n) is 4.81. The number of nitrogens with zero attached hydrogens (tertiary/aromatic N) is 1. The molecule has 1 atom stereocenters. The van der Waals surface area contributed by atoms with Gasteiger partial charge in [-0.15, -0.1) is 0 Å². The summed E-state index contributed by atoms with van der Waals surface area (Å²) in [4.78, 5) is 14.6. The molecular weight excluding hydrogens is 356 g/mol. The lowest BCUT2D eigenvalue weighted by Crippen LogP contribution is -2.35. The number of rotatable bonds is 8. The largest absolute Gasteiger partial charge is 0.497 e. The molecule has 3 rings (SSSR count). The molecule has 1 N–H and O–H groups in total. The number of carbonyl (C=O) groups excluding carboxylic acids is 1. The first kappa shape index (κ1) is 19.8. The molecule has 0 fully saturated rings. The summed E-state index contributed by atoms with van der Waals surface area (Å²) in [6, 6.07) is 13.5. The van der Waals surface area contributed by atoms with Gasteiger partial charge in [0.15, 0.2) is 0 Å². The van der Waals surface area contributed by atoms with E-state index in [1.807, 2.05) is 56.6 Å². The maximum atomic E-state index is 12.5. The van der Waals surface area contributed by atoms with Crippen molar-refractivity contribution in [2.75, 3.05) is 34.9 Å². The molecule has 3 aromatic rings. The zero-order valence-electron chi connectivity index (χ0n) is 16.7. The number of methoxy groups -OCH3 is 2. The van der Waals surface area contributed by atoms with E-state index in [2.05, 4.69) is 10.2 Å². The Bertz CT molecular complexity index is 949. The van der Waals surface area contributed by atoms with Crippen molar-refractivity contribution in [3.8, 4) is 11.5 Å². The minimum Gasteiger partial charge on any atom is -0.497 e.